The van der Waals surface area contributed by atoms with Gasteiger partial charge in [0.15, 0.2) is 0 Å². The SMILES string of the molecule is CCCCCc1ccc(C(=O)NCC2CCN(c3nc(Cc4ccc(Cl)cc4)ns3)CC2)cc1. The number of anilines is 1. The van der Waals surface area contributed by atoms with Gasteiger partial charge < -0.3 is 10.2 Å². The van der Waals surface area contributed by atoms with Crippen molar-refractivity contribution in [2.45, 2.75) is 51.9 Å². The van der Waals surface area contributed by atoms with E-state index >= 15 is 0 Å². The molecule has 2 aromatic carbocycles. The van der Waals surface area contributed by atoms with Crippen LogP contribution in [-0.2, 0) is 12.8 Å². The molecule has 1 N–H and O–H groups in total. The number of carbonyl (C=O) groups is 1. The van der Waals surface area contributed by atoms with Crippen LogP contribution in [0.1, 0.15) is 66.3 Å². The molecule has 0 spiro atoms. The van der Waals surface area contributed by atoms with Crippen molar-refractivity contribution in [3.8, 4) is 0 Å². The highest BCUT2D eigenvalue weighted by Gasteiger charge is 2.22. The Balaban J connectivity index is 1.19. The van der Waals surface area contributed by atoms with E-state index in [-0.39, 0.29) is 5.91 Å². The zero-order valence-corrected chi connectivity index (χ0v) is 21.4. The number of aryl methyl sites for hydroxylation is 1. The molecule has 1 aliphatic heterocycles. The number of amides is 1. The minimum Gasteiger partial charge on any atom is -0.352 e. The number of hydrogen-bond acceptors (Lipinski definition) is 5. The molecule has 0 aliphatic carbocycles. The van der Waals surface area contributed by atoms with Gasteiger partial charge in [-0.3, -0.25) is 4.79 Å². The van der Waals surface area contributed by atoms with Crippen molar-refractivity contribution in [3.63, 3.8) is 0 Å². The number of piperidine rings is 1. The smallest absolute Gasteiger partial charge is 0.251 e. The highest BCUT2D eigenvalue weighted by atomic mass is 35.5. The van der Waals surface area contributed by atoms with Crippen LogP contribution in [0.5, 0.6) is 0 Å². The first-order chi connectivity index (χ1) is 16.6. The van der Waals surface area contributed by atoms with E-state index in [1.165, 1.54) is 36.4 Å². The second kappa shape index (κ2) is 12.3. The number of halogens is 1. The Morgan fingerprint density at radius 1 is 1.06 bits per heavy atom. The Hall–Kier alpha value is -2.44. The molecule has 0 atom stereocenters. The zero-order chi connectivity index (χ0) is 23.8. The first-order valence-electron chi connectivity index (χ1n) is 12.3. The molecule has 0 saturated carbocycles. The molecule has 34 heavy (non-hydrogen) atoms. The first kappa shape index (κ1) is 24.7. The van der Waals surface area contributed by atoms with Gasteiger partial charge in [0.1, 0.15) is 5.82 Å². The molecule has 5 nitrogen and oxygen atoms in total. The summed E-state index contributed by atoms with van der Waals surface area (Å²) in [5.41, 5.74) is 3.22. The van der Waals surface area contributed by atoms with E-state index in [1.54, 1.807) is 0 Å². The fourth-order valence-corrected chi connectivity index (χ4v) is 5.16. The van der Waals surface area contributed by atoms with Crippen LogP contribution in [0.25, 0.3) is 0 Å². The van der Waals surface area contributed by atoms with Gasteiger partial charge in [-0.05, 0) is 67.0 Å². The summed E-state index contributed by atoms with van der Waals surface area (Å²) in [6.45, 7) is 4.84. The molecule has 1 aromatic heterocycles. The summed E-state index contributed by atoms with van der Waals surface area (Å²) in [4.78, 5) is 19.6. The minimum atomic E-state index is 0.0264. The van der Waals surface area contributed by atoms with Crippen LogP contribution < -0.4 is 10.2 Å². The molecular formula is C27H33ClN4OS. The summed E-state index contributed by atoms with van der Waals surface area (Å²) in [7, 11) is 0. The zero-order valence-electron chi connectivity index (χ0n) is 19.8. The molecule has 4 rings (SSSR count). The Morgan fingerprint density at radius 2 is 1.76 bits per heavy atom. The highest BCUT2D eigenvalue weighted by molar-refractivity contribution is 7.09. The van der Waals surface area contributed by atoms with Crippen LogP contribution in [-0.4, -0.2) is 34.9 Å². The lowest BCUT2D eigenvalue weighted by Crippen LogP contribution is -2.38. The minimum absolute atomic E-state index is 0.0264. The molecule has 180 valence electrons. The fourth-order valence-electron chi connectivity index (χ4n) is 4.30. The Labute approximate surface area is 211 Å². The number of benzene rings is 2. The van der Waals surface area contributed by atoms with E-state index in [0.717, 1.165) is 72.4 Å². The molecule has 2 heterocycles. The first-order valence-corrected chi connectivity index (χ1v) is 13.4. The number of aromatic nitrogens is 2. The molecular weight excluding hydrogens is 464 g/mol. The van der Waals surface area contributed by atoms with Crippen molar-refractivity contribution in [1.82, 2.24) is 14.7 Å². The van der Waals surface area contributed by atoms with Gasteiger partial charge in [0.25, 0.3) is 5.91 Å². The number of carbonyl (C=O) groups excluding carboxylic acids is 1. The van der Waals surface area contributed by atoms with Gasteiger partial charge in [0.05, 0.1) is 0 Å². The maximum absolute atomic E-state index is 12.6. The standard InChI is InChI=1S/C27H33ClN4OS/c1-2-3-4-5-20-6-10-23(11-7-20)26(33)29-19-22-14-16-32(17-15-22)27-30-25(31-34-27)18-21-8-12-24(28)13-9-21/h6-13,22H,2-5,14-19H2,1H3,(H,29,33). The van der Waals surface area contributed by atoms with Gasteiger partial charge in [0, 0.05) is 48.2 Å². The summed E-state index contributed by atoms with van der Waals surface area (Å²) in [6.07, 6.45) is 7.59. The lowest BCUT2D eigenvalue weighted by molar-refractivity contribution is 0.0945. The number of nitrogens with one attached hydrogen (secondary N) is 1. The molecule has 0 bridgehead atoms. The summed E-state index contributed by atoms with van der Waals surface area (Å²) < 4.78 is 4.55. The third kappa shape index (κ3) is 7.03. The lowest BCUT2D eigenvalue weighted by atomic mass is 9.97. The number of hydrogen-bond donors (Lipinski definition) is 1. The van der Waals surface area contributed by atoms with E-state index in [0.29, 0.717) is 5.92 Å². The normalized spacial score (nSPS) is 14.4. The monoisotopic (exact) mass is 496 g/mol. The van der Waals surface area contributed by atoms with Crippen LogP contribution in [0.15, 0.2) is 48.5 Å². The average Bonchev–Trinajstić information content (AvgIpc) is 3.33. The predicted molar refractivity (Wildman–Crippen MR) is 141 cm³/mol. The number of rotatable bonds is 10. The summed E-state index contributed by atoms with van der Waals surface area (Å²) >= 11 is 7.44. The van der Waals surface area contributed by atoms with Crippen molar-refractivity contribution in [2.24, 2.45) is 5.92 Å². The van der Waals surface area contributed by atoms with E-state index < -0.39 is 0 Å². The van der Waals surface area contributed by atoms with Gasteiger partial charge >= 0.3 is 0 Å². The van der Waals surface area contributed by atoms with E-state index in [4.69, 9.17) is 16.6 Å². The Kier molecular flexibility index (Phi) is 8.94. The van der Waals surface area contributed by atoms with Crippen LogP contribution in [0, 0.1) is 5.92 Å². The molecule has 0 radical (unpaired) electrons. The molecule has 1 aliphatic rings. The predicted octanol–water partition coefficient (Wildman–Crippen LogP) is 6.16. The summed E-state index contributed by atoms with van der Waals surface area (Å²) in [5, 5.41) is 4.87. The largest absolute Gasteiger partial charge is 0.352 e. The topological polar surface area (TPSA) is 58.1 Å². The van der Waals surface area contributed by atoms with Gasteiger partial charge in [-0.2, -0.15) is 4.37 Å². The third-order valence-corrected chi connectivity index (χ3v) is 7.52. The molecule has 1 amide bonds. The van der Waals surface area contributed by atoms with E-state index in [1.807, 2.05) is 36.4 Å². The van der Waals surface area contributed by atoms with Crippen molar-refractivity contribution in [1.29, 1.82) is 0 Å². The second-order valence-electron chi connectivity index (χ2n) is 9.09. The lowest BCUT2D eigenvalue weighted by Gasteiger charge is -2.31. The highest BCUT2D eigenvalue weighted by Crippen LogP contribution is 2.25. The van der Waals surface area contributed by atoms with Crippen molar-refractivity contribution < 1.29 is 4.79 Å². The molecule has 3 aromatic rings. The van der Waals surface area contributed by atoms with Gasteiger partial charge in [-0.25, -0.2) is 4.98 Å². The molecule has 7 heteroatoms. The number of nitrogens with zero attached hydrogens (tertiary/aromatic N) is 3. The van der Waals surface area contributed by atoms with Gasteiger partial charge in [0.2, 0.25) is 5.13 Å². The van der Waals surface area contributed by atoms with E-state index in [9.17, 15) is 4.79 Å². The van der Waals surface area contributed by atoms with Crippen molar-refractivity contribution >= 4 is 34.2 Å². The molecule has 1 fully saturated rings. The average molecular weight is 497 g/mol. The van der Waals surface area contributed by atoms with Crippen LogP contribution >= 0.6 is 23.1 Å². The fraction of sp³-hybridized carbons (Fsp3) is 0.444. The van der Waals surface area contributed by atoms with Crippen LogP contribution in [0.4, 0.5) is 5.13 Å². The summed E-state index contributed by atoms with van der Waals surface area (Å²) in [5.74, 6) is 1.38. The van der Waals surface area contributed by atoms with Crippen LogP contribution in [0.2, 0.25) is 5.02 Å². The Bertz CT molecular complexity index is 1040. The second-order valence-corrected chi connectivity index (χ2v) is 10.3. The Morgan fingerprint density at radius 3 is 2.47 bits per heavy atom. The van der Waals surface area contributed by atoms with Gasteiger partial charge in [-0.15, -0.1) is 0 Å². The maximum atomic E-state index is 12.6. The maximum Gasteiger partial charge on any atom is 0.251 e. The summed E-state index contributed by atoms with van der Waals surface area (Å²) in [6, 6.07) is 15.9. The van der Waals surface area contributed by atoms with Crippen LogP contribution in [0.3, 0.4) is 0 Å². The third-order valence-electron chi connectivity index (χ3n) is 6.45. The van der Waals surface area contributed by atoms with E-state index in [2.05, 4.69) is 33.6 Å². The van der Waals surface area contributed by atoms with Gasteiger partial charge in [-0.1, -0.05) is 55.6 Å². The number of unbranched alkanes of at least 4 members (excludes halogenated alkanes) is 2. The molecule has 0 unspecified atom stereocenters. The van der Waals surface area contributed by atoms with Crippen molar-refractivity contribution in [2.75, 3.05) is 24.5 Å². The van der Waals surface area contributed by atoms with Crippen molar-refractivity contribution in [3.05, 3.63) is 76.1 Å². The molecule has 1 saturated heterocycles. The quantitative estimate of drug-likeness (QED) is 0.341.